The minimum absolute atomic E-state index is 0.209. The van der Waals surface area contributed by atoms with E-state index in [-0.39, 0.29) is 6.61 Å². The molecule has 0 radical (unpaired) electrons. The van der Waals surface area contributed by atoms with E-state index in [1.165, 1.54) is 7.11 Å². The predicted molar refractivity (Wildman–Crippen MR) is 84.4 cm³/mol. The van der Waals surface area contributed by atoms with Crippen molar-refractivity contribution >= 4 is 5.71 Å². The van der Waals surface area contributed by atoms with Gasteiger partial charge in [0.05, 0.1) is 13.7 Å². The van der Waals surface area contributed by atoms with Gasteiger partial charge in [0.25, 0.3) is 0 Å². The number of methoxy groups -OCH3 is 1. The van der Waals surface area contributed by atoms with Gasteiger partial charge in [0.15, 0.2) is 11.5 Å². The van der Waals surface area contributed by atoms with E-state index in [0.717, 1.165) is 11.1 Å². The maximum Gasteiger partial charge on any atom is 0.161 e. The van der Waals surface area contributed by atoms with Crippen molar-refractivity contribution in [3.8, 4) is 11.5 Å². The van der Waals surface area contributed by atoms with Crippen molar-refractivity contribution in [1.29, 1.82) is 0 Å². The second-order valence-corrected chi connectivity index (χ2v) is 4.48. The zero-order chi connectivity index (χ0) is 15.8. The minimum Gasteiger partial charge on any atom is -0.493 e. The van der Waals surface area contributed by atoms with Crippen LogP contribution in [0.5, 0.6) is 11.5 Å². The molecular weight excluding hydrogens is 282 g/mol. The van der Waals surface area contributed by atoms with Gasteiger partial charge in [-0.1, -0.05) is 41.6 Å². The molecule has 0 amide bonds. The predicted octanol–water partition coefficient (Wildman–Crippen LogP) is 2.62. The Morgan fingerprint density at radius 1 is 1.00 bits per heavy atom. The van der Waals surface area contributed by atoms with Crippen LogP contribution in [0.4, 0.5) is 0 Å². The maximum absolute atomic E-state index is 9.43. The largest absolute Gasteiger partial charge is 0.493 e. The van der Waals surface area contributed by atoms with Crippen LogP contribution < -0.4 is 9.47 Å². The van der Waals surface area contributed by atoms with E-state index in [4.69, 9.17) is 14.3 Å². The highest BCUT2D eigenvalue weighted by Gasteiger charge is 2.10. The Bertz CT molecular complexity index is 640. The van der Waals surface area contributed by atoms with E-state index in [1.54, 1.807) is 7.11 Å². The first-order valence-electron chi connectivity index (χ1n) is 6.85. The lowest BCUT2D eigenvalue weighted by atomic mass is 10.0. The summed E-state index contributed by atoms with van der Waals surface area (Å²) in [6.45, 7) is 0.124. The molecule has 0 aliphatic carbocycles. The first kappa shape index (κ1) is 15.9. The van der Waals surface area contributed by atoms with E-state index < -0.39 is 0 Å². The van der Waals surface area contributed by atoms with Gasteiger partial charge >= 0.3 is 0 Å². The molecule has 0 aliphatic heterocycles. The zero-order valence-electron chi connectivity index (χ0n) is 12.7. The van der Waals surface area contributed by atoms with E-state index in [0.29, 0.717) is 23.8 Å². The quantitative estimate of drug-likeness (QED) is 0.631. The fraction of sp³-hybridized carbons (Fsp3) is 0.235. The van der Waals surface area contributed by atoms with Crippen molar-refractivity contribution in [3.63, 3.8) is 0 Å². The minimum atomic E-state index is -0.209. The van der Waals surface area contributed by atoms with Crippen LogP contribution in [0.1, 0.15) is 11.1 Å². The molecule has 0 unspecified atom stereocenters. The number of nitrogens with zero attached hydrogens (tertiary/aromatic N) is 1. The molecule has 2 aromatic carbocycles. The molecule has 1 N–H and O–H groups in total. The van der Waals surface area contributed by atoms with E-state index in [9.17, 15) is 5.11 Å². The normalized spacial score (nSPS) is 11.1. The second kappa shape index (κ2) is 8.05. The highest BCUT2D eigenvalue weighted by molar-refractivity contribution is 6.02. The highest BCUT2D eigenvalue weighted by atomic mass is 16.6. The molecular formula is C17H19NO4. The molecule has 0 atom stereocenters. The Hall–Kier alpha value is -2.53. The monoisotopic (exact) mass is 301 g/mol. The molecule has 0 spiro atoms. The number of aliphatic hydroxyl groups is 1. The van der Waals surface area contributed by atoms with Crippen molar-refractivity contribution < 1.29 is 19.4 Å². The van der Waals surface area contributed by atoms with Gasteiger partial charge in [0, 0.05) is 5.56 Å². The molecule has 0 heterocycles. The lowest BCUT2D eigenvalue weighted by molar-refractivity contribution is 0.209. The molecule has 2 rings (SSSR count). The Kier molecular flexibility index (Phi) is 5.80. The Morgan fingerprint density at radius 2 is 1.68 bits per heavy atom. The molecule has 5 heteroatoms. The number of para-hydroxylation sites is 2. The summed E-state index contributed by atoms with van der Waals surface area (Å²) in [5.74, 6) is 1.34. The van der Waals surface area contributed by atoms with Crippen molar-refractivity contribution in [1.82, 2.24) is 0 Å². The van der Waals surface area contributed by atoms with Crippen LogP contribution in [-0.4, -0.2) is 31.6 Å². The number of benzene rings is 2. The van der Waals surface area contributed by atoms with Crippen molar-refractivity contribution in [2.75, 3.05) is 20.8 Å². The molecule has 5 nitrogen and oxygen atoms in total. The molecule has 0 aliphatic rings. The molecule has 116 valence electrons. The summed E-state index contributed by atoms with van der Waals surface area (Å²) in [5, 5.41) is 13.3. The fourth-order valence-corrected chi connectivity index (χ4v) is 2.09. The van der Waals surface area contributed by atoms with Gasteiger partial charge in [0.2, 0.25) is 0 Å². The first-order valence-corrected chi connectivity index (χ1v) is 6.85. The van der Waals surface area contributed by atoms with Crippen LogP contribution in [0.3, 0.4) is 0 Å². The van der Waals surface area contributed by atoms with Gasteiger partial charge in [-0.3, -0.25) is 0 Å². The standard InChI is InChI=1S/C17H19NO4/c1-20-16-9-5-6-10-17(16)22-12-13-7-3-4-8-14(13)15(11-19)18-21-2/h3-10,19H,11-12H2,1-2H3. The van der Waals surface area contributed by atoms with Crippen molar-refractivity contribution in [3.05, 3.63) is 59.7 Å². The highest BCUT2D eigenvalue weighted by Crippen LogP contribution is 2.27. The Labute approximate surface area is 129 Å². The summed E-state index contributed by atoms with van der Waals surface area (Å²) in [6.07, 6.45) is 0. The fourth-order valence-electron chi connectivity index (χ4n) is 2.09. The SMILES string of the molecule is CON=C(CO)c1ccccc1COc1ccccc1OC. The summed E-state index contributed by atoms with van der Waals surface area (Å²) in [4.78, 5) is 4.77. The molecule has 0 aromatic heterocycles. The average Bonchev–Trinajstić information content (AvgIpc) is 2.58. The average molecular weight is 301 g/mol. The van der Waals surface area contributed by atoms with Crippen LogP contribution in [-0.2, 0) is 11.4 Å². The van der Waals surface area contributed by atoms with Gasteiger partial charge < -0.3 is 19.4 Å². The number of hydrogen-bond donors (Lipinski definition) is 1. The lowest BCUT2D eigenvalue weighted by Gasteiger charge is -2.13. The Morgan fingerprint density at radius 3 is 2.36 bits per heavy atom. The lowest BCUT2D eigenvalue weighted by Crippen LogP contribution is -2.11. The van der Waals surface area contributed by atoms with Crippen molar-refractivity contribution in [2.45, 2.75) is 6.61 Å². The van der Waals surface area contributed by atoms with Gasteiger partial charge in [-0.05, 0) is 17.7 Å². The number of oxime groups is 1. The molecule has 0 fully saturated rings. The van der Waals surface area contributed by atoms with E-state index in [2.05, 4.69) is 5.16 Å². The summed E-state index contributed by atoms with van der Waals surface area (Å²) in [6, 6.07) is 15.0. The number of rotatable bonds is 7. The van der Waals surface area contributed by atoms with Gasteiger partial charge in [0.1, 0.15) is 19.4 Å². The molecule has 0 saturated heterocycles. The van der Waals surface area contributed by atoms with Crippen LogP contribution in [0.15, 0.2) is 53.7 Å². The van der Waals surface area contributed by atoms with Crippen LogP contribution in [0.25, 0.3) is 0 Å². The van der Waals surface area contributed by atoms with Crippen molar-refractivity contribution in [2.24, 2.45) is 5.16 Å². The van der Waals surface area contributed by atoms with Gasteiger partial charge in [-0.25, -0.2) is 0 Å². The second-order valence-electron chi connectivity index (χ2n) is 4.48. The molecule has 22 heavy (non-hydrogen) atoms. The summed E-state index contributed by atoms with van der Waals surface area (Å²) in [7, 11) is 3.05. The summed E-state index contributed by atoms with van der Waals surface area (Å²) in [5.41, 5.74) is 2.15. The molecule has 0 bridgehead atoms. The number of aliphatic hydroxyl groups excluding tert-OH is 1. The number of ether oxygens (including phenoxy) is 2. The smallest absolute Gasteiger partial charge is 0.161 e. The van der Waals surface area contributed by atoms with Gasteiger partial charge in [-0.15, -0.1) is 0 Å². The molecule has 0 saturated carbocycles. The van der Waals surface area contributed by atoms with E-state index in [1.807, 2.05) is 48.5 Å². The summed E-state index contributed by atoms with van der Waals surface area (Å²) < 4.78 is 11.1. The Balaban J connectivity index is 2.22. The zero-order valence-corrected chi connectivity index (χ0v) is 12.7. The maximum atomic E-state index is 9.43. The van der Waals surface area contributed by atoms with Gasteiger partial charge in [-0.2, -0.15) is 0 Å². The third-order valence-corrected chi connectivity index (χ3v) is 3.13. The third-order valence-electron chi connectivity index (χ3n) is 3.13. The van der Waals surface area contributed by atoms with Crippen LogP contribution in [0.2, 0.25) is 0 Å². The summed E-state index contributed by atoms with van der Waals surface area (Å²) >= 11 is 0. The topological polar surface area (TPSA) is 60.3 Å². The third kappa shape index (κ3) is 3.77. The number of hydrogen-bond acceptors (Lipinski definition) is 5. The van der Waals surface area contributed by atoms with E-state index >= 15 is 0 Å². The first-order chi connectivity index (χ1) is 10.8. The van der Waals surface area contributed by atoms with Crippen LogP contribution in [0, 0.1) is 0 Å². The molecule has 2 aromatic rings. The van der Waals surface area contributed by atoms with Crippen LogP contribution >= 0.6 is 0 Å².